The Hall–Kier alpha value is -1.32. The van der Waals surface area contributed by atoms with Gasteiger partial charge in [-0.25, -0.2) is 0 Å². The summed E-state index contributed by atoms with van der Waals surface area (Å²) in [4.78, 5) is 0. The van der Waals surface area contributed by atoms with Gasteiger partial charge in [-0.15, -0.1) is 0 Å². The van der Waals surface area contributed by atoms with Crippen LogP contribution in [0.4, 0.5) is 0 Å². The van der Waals surface area contributed by atoms with Gasteiger partial charge in [0.05, 0.1) is 0 Å². The zero-order valence-corrected chi connectivity index (χ0v) is 13.5. The molecule has 2 aromatic rings. The van der Waals surface area contributed by atoms with E-state index in [1.165, 1.54) is 16.7 Å². The first-order valence-electron chi connectivity index (χ1n) is 6.77. The lowest BCUT2D eigenvalue weighted by Gasteiger charge is -2.12. The van der Waals surface area contributed by atoms with E-state index in [-0.39, 0.29) is 0 Å². The predicted octanol–water partition coefficient (Wildman–Crippen LogP) is 4.15. The highest BCUT2D eigenvalue weighted by molar-refractivity contribution is 9.10. The first kappa shape index (κ1) is 15.1. The minimum atomic E-state index is 0.584. The molecule has 2 nitrogen and oxygen atoms in total. The molecule has 0 saturated carbocycles. The van der Waals surface area contributed by atoms with Crippen LogP contribution in [0, 0.1) is 13.8 Å². The lowest BCUT2D eigenvalue weighted by molar-refractivity contribution is 0.303. The van der Waals surface area contributed by atoms with Gasteiger partial charge in [-0.2, -0.15) is 0 Å². The van der Waals surface area contributed by atoms with Gasteiger partial charge in [0.2, 0.25) is 0 Å². The molecule has 0 fully saturated rings. The van der Waals surface area contributed by atoms with Crippen molar-refractivity contribution in [1.82, 2.24) is 0 Å². The summed E-state index contributed by atoms with van der Waals surface area (Å²) in [5, 5.41) is 0. The van der Waals surface area contributed by atoms with Crippen molar-refractivity contribution in [3.05, 3.63) is 63.1 Å². The van der Waals surface area contributed by atoms with Gasteiger partial charge in [0.1, 0.15) is 12.4 Å². The molecule has 0 amide bonds. The van der Waals surface area contributed by atoms with Crippen LogP contribution in [0.2, 0.25) is 0 Å². The zero-order chi connectivity index (χ0) is 14.5. The van der Waals surface area contributed by atoms with E-state index in [4.69, 9.17) is 10.5 Å². The molecule has 106 valence electrons. The normalized spacial score (nSPS) is 10.6. The summed E-state index contributed by atoms with van der Waals surface area (Å²) in [5.74, 6) is 0.914. The van der Waals surface area contributed by atoms with Crippen molar-refractivity contribution in [1.29, 1.82) is 0 Å². The lowest BCUT2D eigenvalue weighted by atomic mass is 10.1. The van der Waals surface area contributed by atoms with Crippen LogP contribution in [-0.4, -0.2) is 6.54 Å². The van der Waals surface area contributed by atoms with Gasteiger partial charge in [-0.05, 0) is 67.3 Å². The van der Waals surface area contributed by atoms with Crippen molar-refractivity contribution < 1.29 is 4.74 Å². The maximum absolute atomic E-state index is 5.95. The van der Waals surface area contributed by atoms with Crippen LogP contribution in [-0.2, 0) is 13.0 Å². The van der Waals surface area contributed by atoms with Crippen LogP contribution in [0.3, 0.4) is 0 Å². The van der Waals surface area contributed by atoms with E-state index in [9.17, 15) is 0 Å². The monoisotopic (exact) mass is 333 g/mol. The maximum atomic E-state index is 5.95. The minimum absolute atomic E-state index is 0.584. The standard InChI is InChI=1S/C17H20BrNO/c1-12-3-4-14(9-13(12)2)11-20-17-6-5-16(18)10-15(17)7-8-19/h3-6,9-10H,7-8,11,19H2,1-2H3. The summed E-state index contributed by atoms with van der Waals surface area (Å²) in [6.45, 7) is 5.45. The Morgan fingerprint density at radius 1 is 1.05 bits per heavy atom. The van der Waals surface area contributed by atoms with E-state index >= 15 is 0 Å². The number of ether oxygens (including phenoxy) is 1. The average Bonchev–Trinajstić information content (AvgIpc) is 2.42. The average molecular weight is 334 g/mol. The third-order valence-corrected chi connectivity index (χ3v) is 3.90. The molecule has 0 bridgehead atoms. The SMILES string of the molecule is Cc1ccc(COc2ccc(Br)cc2CCN)cc1C. The van der Waals surface area contributed by atoms with E-state index in [0.29, 0.717) is 13.2 Å². The smallest absolute Gasteiger partial charge is 0.123 e. The largest absolute Gasteiger partial charge is 0.489 e. The second-order valence-electron chi connectivity index (χ2n) is 5.00. The van der Waals surface area contributed by atoms with Crippen molar-refractivity contribution in [2.45, 2.75) is 26.9 Å². The Kier molecular flexibility index (Phi) is 5.21. The second kappa shape index (κ2) is 6.91. The van der Waals surface area contributed by atoms with Gasteiger partial charge in [0.15, 0.2) is 0 Å². The summed E-state index contributed by atoms with van der Waals surface area (Å²) in [6, 6.07) is 12.5. The molecule has 3 heteroatoms. The van der Waals surface area contributed by atoms with Crippen LogP contribution in [0.1, 0.15) is 22.3 Å². The van der Waals surface area contributed by atoms with Crippen LogP contribution < -0.4 is 10.5 Å². The van der Waals surface area contributed by atoms with E-state index in [1.54, 1.807) is 0 Å². The number of rotatable bonds is 5. The summed E-state index contributed by atoms with van der Waals surface area (Å²) >= 11 is 3.48. The molecule has 0 radical (unpaired) electrons. The minimum Gasteiger partial charge on any atom is -0.489 e. The fourth-order valence-corrected chi connectivity index (χ4v) is 2.50. The maximum Gasteiger partial charge on any atom is 0.123 e. The van der Waals surface area contributed by atoms with Crippen molar-refractivity contribution in [3.63, 3.8) is 0 Å². The Labute approximate surface area is 129 Å². The molecule has 0 unspecified atom stereocenters. The summed E-state index contributed by atoms with van der Waals surface area (Å²) in [6.07, 6.45) is 0.821. The molecule has 0 aliphatic carbocycles. The molecule has 0 atom stereocenters. The van der Waals surface area contributed by atoms with Crippen LogP contribution in [0.15, 0.2) is 40.9 Å². The van der Waals surface area contributed by atoms with E-state index in [1.807, 2.05) is 12.1 Å². The molecule has 2 N–H and O–H groups in total. The summed E-state index contributed by atoms with van der Waals surface area (Å²) in [5.41, 5.74) is 10.6. The lowest BCUT2D eigenvalue weighted by Crippen LogP contribution is -2.05. The third kappa shape index (κ3) is 3.84. The first-order chi connectivity index (χ1) is 9.60. The molecule has 0 saturated heterocycles. The van der Waals surface area contributed by atoms with Crippen molar-refractivity contribution >= 4 is 15.9 Å². The molecule has 0 aliphatic rings. The van der Waals surface area contributed by atoms with Gasteiger partial charge in [-0.3, -0.25) is 0 Å². The Morgan fingerprint density at radius 3 is 2.55 bits per heavy atom. The van der Waals surface area contributed by atoms with Gasteiger partial charge < -0.3 is 10.5 Å². The molecule has 2 aromatic carbocycles. The van der Waals surface area contributed by atoms with Crippen LogP contribution in [0.25, 0.3) is 0 Å². The van der Waals surface area contributed by atoms with Gasteiger partial charge in [-0.1, -0.05) is 34.1 Å². The molecule has 0 aromatic heterocycles. The molecule has 20 heavy (non-hydrogen) atoms. The fraction of sp³-hybridized carbons (Fsp3) is 0.294. The number of nitrogens with two attached hydrogens (primary N) is 1. The highest BCUT2D eigenvalue weighted by atomic mass is 79.9. The van der Waals surface area contributed by atoms with Crippen LogP contribution in [0.5, 0.6) is 5.75 Å². The zero-order valence-electron chi connectivity index (χ0n) is 11.9. The highest BCUT2D eigenvalue weighted by Crippen LogP contribution is 2.24. The topological polar surface area (TPSA) is 35.2 Å². The Balaban J connectivity index is 2.11. The fourth-order valence-electron chi connectivity index (χ4n) is 2.09. The number of hydrogen-bond donors (Lipinski definition) is 1. The van der Waals surface area contributed by atoms with Gasteiger partial charge in [0, 0.05) is 4.47 Å². The Bertz CT molecular complexity index is 596. The Morgan fingerprint density at radius 2 is 1.85 bits per heavy atom. The number of benzene rings is 2. The third-order valence-electron chi connectivity index (χ3n) is 3.40. The number of halogens is 1. The first-order valence-corrected chi connectivity index (χ1v) is 7.57. The van der Waals surface area contributed by atoms with Crippen molar-refractivity contribution in [2.24, 2.45) is 5.73 Å². The van der Waals surface area contributed by atoms with E-state index in [2.05, 4.69) is 54.0 Å². The molecule has 0 aliphatic heterocycles. The van der Waals surface area contributed by atoms with Gasteiger partial charge >= 0.3 is 0 Å². The summed E-state index contributed by atoms with van der Waals surface area (Å²) in [7, 11) is 0. The van der Waals surface area contributed by atoms with E-state index in [0.717, 1.165) is 22.2 Å². The second-order valence-corrected chi connectivity index (χ2v) is 5.91. The quantitative estimate of drug-likeness (QED) is 0.892. The predicted molar refractivity (Wildman–Crippen MR) is 87.1 cm³/mol. The molecule has 0 spiro atoms. The molecular weight excluding hydrogens is 314 g/mol. The van der Waals surface area contributed by atoms with Crippen LogP contribution >= 0.6 is 15.9 Å². The highest BCUT2D eigenvalue weighted by Gasteiger charge is 2.05. The van der Waals surface area contributed by atoms with Gasteiger partial charge in [0.25, 0.3) is 0 Å². The number of aryl methyl sites for hydroxylation is 2. The van der Waals surface area contributed by atoms with Crippen molar-refractivity contribution in [2.75, 3.05) is 6.54 Å². The van der Waals surface area contributed by atoms with E-state index < -0.39 is 0 Å². The van der Waals surface area contributed by atoms with Crippen molar-refractivity contribution in [3.8, 4) is 5.75 Å². The molecular formula is C17H20BrNO. The molecule has 2 rings (SSSR count). The summed E-state index contributed by atoms with van der Waals surface area (Å²) < 4.78 is 7.00. The number of hydrogen-bond acceptors (Lipinski definition) is 2. The molecule has 0 heterocycles.